The first-order valence-electron chi connectivity index (χ1n) is 15.9. The summed E-state index contributed by atoms with van der Waals surface area (Å²) in [4.78, 5) is 62.2. The van der Waals surface area contributed by atoms with Crippen LogP contribution in [0.4, 0.5) is 9.18 Å². The Morgan fingerprint density at radius 1 is 1.00 bits per heavy atom. The maximum Gasteiger partial charge on any atom is 0.511 e. The molecular formula is C33H41FN2O11S. The Balaban J connectivity index is 0.000000579. The molecule has 1 saturated carbocycles. The quantitative estimate of drug-likeness (QED) is 0.132. The zero-order valence-corrected chi connectivity index (χ0v) is 27.8. The number of rotatable bonds is 11. The van der Waals surface area contributed by atoms with Gasteiger partial charge < -0.3 is 34.4 Å². The highest BCUT2D eigenvalue weighted by molar-refractivity contribution is 8.03. The number of ether oxygens (including phenoxy) is 3. The third-order valence-corrected chi connectivity index (χ3v) is 10.0. The fourth-order valence-electron chi connectivity index (χ4n) is 6.28. The Kier molecular flexibility index (Phi) is 12.6. The third-order valence-electron chi connectivity index (χ3n) is 8.56. The number of thioether (sulfide) groups is 1. The van der Waals surface area contributed by atoms with E-state index in [4.69, 9.17) is 24.4 Å². The number of carbonyl (C=O) groups excluding carboxylic acids is 3. The molecule has 1 aliphatic carbocycles. The molecule has 3 N–H and O–H groups in total. The number of carboxylic acid groups (broad SMARTS) is 2. The predicted octanol–water partition coefficient (Wildman–Crippen LogP) is 3.90. The van der Waals surface area contributed by atoms with Gasteiger partial charge in [-0.1, -0.05) is 25.5 Å². The van der Waals surface area contributed by atoms with Crippen molar-refractivity contribution in [2.24, 2.45) is 11.8 Å². The summed E-state index contributed by atoms with van der Waals surface area (Å²) in [6.07, 6.45) is 2.71. The number of esters is 1. The van der Waals surface area contributed by atoms with Crippen molar-refractivity contribution in [3.63, 3.8) is 0 Å². The Bertz CT molecular complexity index is 1400. The van der Waals surface area contributed by atoms with Crippen molar-refractivity contribution in [2.75, 3.05) is 13.1 Å². The van der Waals surface area contributed by atoms with Crippen LogP contribution in [0.25, 0.3) is 0 Å². The van der Waals surface area contributed by atoms with Crippen LogP contribution in [-0.4, -0.2) is 98.0 Å². The summed E-state index contributed by atoms with van der Waals surface area (Å²) in [5.41, 5.74) is 1.19. The van der Waals surface area contributed by atoms with Gasteiger partial charge in [-0.25, -0.2) is 23.6 Å². The fraction of sp³-hybridized carbons (Fsp3) is 0.545. The van der Waals surface area contributed by atoms with E-state index < -0.39 is 42.4 Å². The Morgan fingerprint density at radius 3 is 2.17 bits per heavy atom. The number of nitrogens with zero attached hydrogens (tertiary/aromatic N) is 2. The standard InChI is InChI=1S/C29H37FN2O7S.C4H4O4/c1-16-24-23(17(2)33)27(34)32(24)25(28(35)37-18(3)38-29(36)39-21-7-5-4-6-8-21)26(16)40-22-14-31(15-22)13-19-9-11-20(30)12-10-19;5-3(6)1-2-4(7)8/h9-12,16-18,21-24,33H,4-8,13-15H2,1-3H3;1-2H,(H,5,6)(H,7,8)/b;2-1-/t16-,17-,18?,23-,24-;/m1./s1. The molecule has 15 heteroatoms. The van der Waals surface area contributed by atoms with Crippen LogP contribution in [0, 0.1) is 17.7 Å². The molecule has 13 nitrogen and oxygen atoms in total. The summed E-state index contributed by atoms with van der Waals surface area (Å²) in [5, 5.41) is 26.1. The lowest BCUT2D eigenvalue weighted by molar-refractivity contribution is -0.174. The number of aliphatic hydroxyl groups excluding tert-OH is 1. The zero-order valence-electron chi connectivity index (χ0n) is 27.0. The first kappa shape index (κ1) is 36.9. The summed E-state index contributed by atoms with van der Waals surface area (Å²) in [6, 6.07) is 6.11. The van der Waals surface area contributed by atoms with E-state index >= 15 is 0 Å². The molecule has 2 saturated heterocycles. The number of likely N-dealkylation sites (tertiary alicyclic amines) is 1. The van der Waals surface area contributed by atoms with Gasteiger partial charge in [-0.3, -0.25) is 9.69 Å². The highest BCUT2D eigenvalue weighted by Gasteiger charge is 2.60. The summed E-state index contributed by atoms with van der Waals surface area (Å²) in [6.45, 7) is 7.22. The molecule has 1 aromatic carbocycles. The lowest BCUT2D eigenvalue weighted by Crippen LogP contribution is -2.63. The van der Waals surface area contributed by atoms with Gasteiger partial charge in [0.05, 0.1) is 18.1 Å². The van der Waals surface area contributed by atoms with E-state index in [9.17, 15) is 33.5 Å². The number of fused-ring (bicyclic) bond motifs is 1. The molecule has 5 rings (SSSR count). The highest BCUT2D eigenvalue weighted by atomic mass is 32.2. The lowest BCUT2D eigenvalue weighted by Gasteiger charge is -2.46. The molecule has 1 unspecified atom stereocenters. The van der Waals surface area contributed by atoms with Gasteiger partial charge in [-0.15, -0.1) is 11.8 Å². The lowest BCUT2D eigenvalue weighted by atomic mass is 9.79. The number of hydrogen-bond acceptors (Lipinski definition) is 11. The van der Waals surface area contributed by atoms with Crippen LogP contribution >= 0.6 is 11.8 Å². The molecule has 1 aromatic rings. The second kappa shape index (κ2) is 16.4. The Labute approximate surface area is 281 Å². The van der Waals surface area contributed by atoms with Gasteiger partial charge in [0, 0.05) is 54.8 Å². The van der Waals surface area contributed by atoms with Gasteiger partial charge in [-0.05, 0) is 50.3 Å². The van der Waals surface area contributed by atoms with E-state index in [-0.39, 0.29) is 40.7 Å². The normalized spacial score (nSPS) is 24.1. The van der Waals surface area contributed by atoms with Crippen molar-refractivity contribution < 1.29 is 57.9 Å². The second-order valence-electron chi connectivity index (χ2n) is 12.3. The number of carboxylic acids is 2. The van der Waals surface area contributed by atoms with E-state index in [2.05, 4.69) is 4.90 Å². The van der Waals surface area contributed by atoms with Crippen LogP contribution < -0.4 is 0 Å². The number of halogens is 1. The van der Waals surface area contributed by atoms with E-state index in [0.717, 1.165) is 55.7 Å². The van der Waals surface area contributed by atoms with Crippen molar-refractivity contribution in [3.05, 3.63) is 58.4 Å². The number of hydrogen-bond donors (Lipinski definition) is 3. The summed E-state index contributed by atoms with van der Waals surface area (Å²) in [5.74, 6) is -4.59. The van der Waals surface area contributed by atoms with Crippen molar-refractivity contribution in [2.45, 2.75) is 89.2 Å². The molecule has 4 aliphatic rings. The average Bonchev–Trinajstić information content (AvgIpc) is 3.23. The molecule has 0 bridgehead atoms. The molecule has 0 spiro atoms. The minimum atomic E-state index is -1.26. The van der Waals surface area contributed by atoms with Crippen LogP contribution in [0.5, 0.6) is 0 Å². The largest absolute Gasteiger partial charge is 0.511 e. The number of β-lactam (4-membered cyclic amide) rings is 1. The van der Waals surface area contributed by atoms with Gasteiger partial charge in [0.1, 0.15) is 17.6 Å². The molecule has 3 heterocycles. The first-order valence-corrected chi connectivity index (χ1v) is 16.7. The smallest absolute Gasteiger partial charge is 0.478 e. The van der Waals surface area contributed by atoms with Crippen LogP contribution in [0.15, 0.2) is 47.0 Å². The van der Waals surface area contributed by atoms with Crippen LogP contribution in [0.2, 0.25) is 0 Å². The van der Waals surface area contributed by atoms with E-state index in [0.29, 0.717) is 18.7 Å². The zero-order chi connectivity index (χ0) is 35.1. The van der Waals surface area contributed by atoms with Crippen molar-refractivity contribution >= 4 is 41.7 Å². The van der Waals surface area contributed by atoms with Gasteiger partial charge in [-0.2, -0.15) is 0 Å². The van der Waals surface area contributed by atoms with Crippen molar-refractivity contribution in [3.8, 4) is 0 Å². The predicted molar refractivity (Wildman–Crippen MR) is 169 cm³/mol. The minimum absolute atomic E-state index is 0.163. The minimum Gasteiger partial charge on any atom is -0.478 e. The summed E-state index contributed by atoms with van der Waals surface area (Å²) >= 11 is 1.55. The van der Waals surface area contributed by atoms with Gasteiger partial charge in [0.2, 0.25) is 12.2 Å². The van der Waals surface area contributed by atoms with Crippen LogP contribution in [0.1, 0.15) is 58.4 Å². The summed E-state index contributed by atoms with van der Waals surface area (Å²) in [7, 11) is 0. The average molecular weight is 693 g/mol. The molecule has 262 valence electrons. The molecule has 48 heavy (non-hydrogen) atoms. The van der Waals surface area contributed by atoms with E-state index in [1.165, 1.54) is 24.0 Å². The number of aliphatic hydroxyl groups is 1. The third kappa shape index (κ3) is 9.35. The summed E-state index contributed by atoms with van der Waals surface area (Å²) < 4.78 is 29.3. The second-order valence-corrected chi connectivity index (χ2v) is 13.6. The van der Waals surface area contributed by atoms with Gasteiger partial charge >= 0.3 is 24.1 Å². The van der Waals surface area contributed by atoms with Gasteiger partial charge in [0.15, 0.2) is 0 Å². The van der Waals surface area contributed by atoms with Gasteiger partial charge in [0.25, 0.3) is 0 Å². The fourth-order valence-corrected chi connectivity index (χ4v) is 7.86. The number of aliphatic carboxylic acids is 2. The van der Waals surface area contributed by atoms with E-state index in [1.54, 1.807) is 30.8 Å². The van der Waals surface area contributed by atoms with Crippen LogP contribution in [0.3, 0.4) is 0 Å². The molecule has 5 atom stereocenters. The van der Waals surface area contributed by atoms with E-state index in [1.807, 2.05) is 6.92 Å². The van der Waals surface area contributed by atoms with Crippen molar-refractivity contribution in [1.29, 1.82) is 0 Å². The molecule has 0 radical (unpaired) electrons. The first-order chi connectivity index (χ1) is 22.7. The Hall–Kier alpha value is -3.95. The number of amides is 1. The highest BCUT2D eigenvalue weighted by Crippen LogP contribution is 2.52. The number of carbonyl (C=O) groups is 5. The maximum atomic E-state index is 13.4. The molecule has 3 aliphatic heterocycles. The topological polar surface area (TPSA) is 180 Å². The Morgan fingerprint density at radius 2 is 1.60 bits per heavy atom. The molecular weight excluding hydrogens is 651 g/mol. The molecule has 3 fully saturated rings. The monoisotopic (exact) mass is 692 g/mol. The molecule has 0 aromatic heterocycles. The SMILES string of the molecule is CC(OC(=O)OC1CCCCC1)OC(=O)C1=C(SC2CN(Cc3ccc(F)cc3)C2)[C@H](C)[C@@H]2[C@@H]([C@@H](C)O)C(=O)N12.O=C(O)/C=C\C(=O)O. The molecule has 1 amide bonds. The number of benzene rings is 1. The maximum absolute atomic E-state index is 13.4. The van der Waals surface area contributed by atoms with Crippen LogP contribution in [-0.2, 0) is 39.9 Å². The van der Waals surface area contributed by atoms with Crippen molar-refractivity contribution in [1.82, 2.24) is 9.80 Å².